The van der Waals surface area contributed by atoms with Crippen LogP contribution < -0.4 is 4.72 Å². The molecule has 3 rings (SSSR count). The zero-order valence-electron chi connectivity index (χ0n) is 13.2. The van der Waals surface area contributed by atoms with E-state index in [0.717, 1.165) is 25.9 Å². The van der Waals surface area contributed by atoms with Gasteiger partial charge in [-0.2, -0.15) is 0 Å². The molecule has 0 spiro atoms. The summed E-state index contributed by atoms with van der Waals surface area (Å²) in [7, 11) is -3.63. The van der Waals surface area contributed by atoms with Gasteiger partial charge in [-0.05, 0) is 49.2 Å². The van der Waals surface area contributed by atoms with Gasteiger partial charge in [0.1, 0.15) is 0 Å². The minimum absolute atomic E-state index is 0.0436. The molecular weight excluding hydrogens is 326 g/mol. The van der Waals surface area contributed by atoms with Crippen molar-refractivity contribution in [3.63, 3.8) is 0 Å². The van der Waals surface area contributed by atoms with Crippen molar-refractivity contribution in [2.24, 2.45) is 0 Å². The van der Waals surface area contributed by atoms with Crippen LogP contribution in [0.25, 0.3) is 0 Å². The van der Waals surface area contributed by atoms with E-state index in [1.165, 1.54) is 12.1 Å². The number of sulfonamides is 1. The van der Waals surface area contributed by atoms with E-state index in [2.05, 4.69) is 9.71 Å². The Kier molecular flexibility index (Phi) is 4.92. The minimum Gasteiger partial charge on any atom is -0.339 e. The zero-order chi connectivity index (χ0) is 17.0. The molecule has 1 aromatic heterocycles. The Labute approximate surface area is 141 Å². The summed E-state index contributed by atoms with van der Waals surface area (Å²) >= 11 is 0. The number of nitrogens with one attached hydrogen (secondary N) is 1. The SMILES string of the molecule is O=C(c1ccc(S(=O)(=O)NCc2ccccn2)cc1)N1CCCC1. The highest BCUT2D eigenvalue weighted by Gasteiger charge is 2.20. The average Bonchev–Trinajstić information content (AvgIpc) is 3.15. The summed E-state index contributed by atoms with van der Waals surface area (Å²) < 4.78 is 27.1. The maximum atomic E-state index is 12.3. The van der Waals surface area contributed by atoms with Gasteiger partial charge in [0.25, 0.3) is 5.91 Å². The largest absolute Gasteiger partial charge is 0.339 e. The third kappa shape index (κ3) is 3.80. The Morgan fingerprint density at radius 2 is 1.79 bits per heavy atom. The molecule has 0 aliphatic carbocycles. The van der Waals surface area contributed by atoms with Gasteiger partial charge in [0.15, 0.2) is 0 Å². The van der Waals surface area contributed by atoms with Gasteiger partial charge in [-0.15, -0.1) is 0 Å². The van der Waals surface area contributed by atoms with Crippen molar-refractivity contribution in [3.05, 3.63) is 59.9 Å². The van der Waals surface area contributed by atoms with Crippen LogP contribution in [0.4, 0.5) is 0 Å². The lowest BCUT2D eigenvalue weighted by atomic mass is 10.2. The average molecular weight is 345 g/mol. The van der Waals surface area contributed by atoms with E-state index in [9.17, 15) is 13.2 Å². The highest BCUT2D eigenvalue weighted by molar-refractivity contribution is 7.89. The highest BCUT2D eigenvalue weighted by Crippen LogP contribution is 2.15. The van der Waals surface area contributed by atoms with Crippen LogP contribution in [-0.2, 0) is 16.6 Å². The Bertz CT molecular complexity index is 799. The van der Waals surface area contributed by atoms with E-state index in [0.29, 0.717) is 11.3 Å². The molecule has 2 aromatic rings. The van der Waals surface area contributed by atoms with E-state index < -0.39 is 10.0 Å². The van der Waals surface area contributed by atoms with E-state index in [1.807, 2.05) is 0 Å². The van der Waals surface area contributed by atoms with E-state index in [-0.39, 0.29) is 17.3 Å². The quantitative estimate of drug-likeness (QED) is 0.896. The summed E-state index contributed by atoms with van der Waals surface area (Å²) in [6, 6.07) is 11.4. The summed E-state index contributed by atoms with van der Waals surface area (Å²) in [4.78, 5) is 18.3. The molecule has 1 saturated heterocycles. The Morgan fingerprint density at radius 1 is 1.08 bits per heavy atom. The monoisotopic (exact) mass is 345 g/mol. The third-order valence-electron chi connectivity index (χ3n) is 3.97. The molecule has 0 atom stereocenters. The van der Waals surface area contributed by atoms with E-state index >= 15 is 0 Å². The highest BCUT2D eigenvalue weighted by atomic mass is 32.2. The fourth-order valence-electron chi connectivity index (χ4n) is 2.63. The molecule has 24 heavy (non-hydrogen) atoms. The number of carbonyl (C=O) groups is 1. The summed E-state index contributed by atoms with van der Waals surface area (Å²) in [5, 5.41) is 0. The lowest BCUT2D eigenvalue weighted by molar-refractivity contribution is 0.0792. The second kappa shape index (κ2) is 7.11. The number of likely N-dealkylation sites (tertiary alicyclic amines) is 1. The Hall–Kier alpha value is -2.25. The number of nitrogens with zero attached hydrogens (tertiary/aromatic N) is 2. The smallest absolute Gasteiger partial charge is 0.253 e. The molecule has 126 valence electrons. The topological polar surface area (TPSA) is 79.4 Å². The molecule has 7 heteroatoms. The number of hydrogen-bond acceptors (Lipinski definition) is 4. The number of rotatable bonds is 5. The molecule has 1 amide bonds. The summed E-state index contributed by atoms with van der Waals surface area (Å²) in [6.07, 6.45) is 3.66. The second-order valence-corrected chi connectivity index (χ2v) is 7.44. The Balaban J connectivity index is 1.68. The van der Waals surface area contributed by atoms with Crippen LogP contribution in [0.3, 0.4) is 0 Å². The van der Waals surface area contributed by atoms with Crippen molar-refractivity contribution >= 4 is 15.9 Å². The molecule has 1 N–H and O–H groups in total. The van der Waals surface area contributed by atoms with E-state index in [4.69, 9.17) is 0 Å². The number of carbonyl (C=O) groups excluding carboxylic acids is 1. The molecule has 6 nitrogen and oxygen atoms in total. The van der Waals surface area contributed by atoms with Crippen LogP contribution in [0.5, 0.6) is 0 Å². The summed E-state index contributed by atoms with van der Waals surface area (Å²) in [6.45, 7) is 1.66. The molecule has 1 fully saturated rings. The normalized spacial score (nSPS) is 14.8. The van der Waals surface area contributed by atoms with Gasteiger partial charge in [0.05, 0.1) is 17.1 Å². The molecule has 0 unspecified atom stereocenters. The van der Waals surface area contributed by atoms with Gasteiger partial charge >= 0.3 is 0 Å². The molecule has 0 bridgehead atoms. The number of aromatic nitrogens is 1. The maximum absolute atomic E-state index is 12.3. The van der Waals surface area contributed by atoms with Crippen molar-refractivity contribution < 1.29 is 13.2 Å². The number of pyridine rings is 1. The van der Waals surface area contributed by atoms with Crippen molar-refractivity contribution in [2.45, 2.75) is 24.3 Å². The van der Waals surface area contributed by atoms with Gasteiger partial charge in [0.2, 0.25) is 10.0 Å². The standard InChI is InChI=1S/C17H19N3O3S/c21-17(20-11-3-4-12-20)14-6-8-16(9-7-14)24(22,23)19-13-15-5-1-2-10-18-15/h1-2,5-10,19H,3-4,11-13H2. The second-order valence-electron chi connectivity index (χ2n) is 5.67. The van der Waals surface area contributed by atoms with Crippen LogP contribution in [0.1, 0.15) is 28.9 Å². The van der Waals surface area contributed by atoms with Gasteiger partial charge < -0.3 is 4.90 Å². The predicted molar refractivity (Wildman–Crippen MR) is 89.8 cm³/mol. The van der Waals surface area contributed by atoms with E-state index in [1.54, 1.807) is 41.4 Å². The zero-order valence-corrected chi connectivity index (χ0v) is 14.0. The summed E-state index contributed by atoms with van der Waals surface area (Å²) in [5.74, 6) is -0.0436. The third-order valence-corrected chi connectivity index (χ3v) is 5.39. The lowest BCUT2D eigenvalue weighted by Gasteiger charge is -2.15. The number of benzene rings is 1. The molecular formula is C17H19N3O3S. The predicted octanol–water partition coefficient (Wildman–Crippen LogP) is 1.80. The molecule has 1 aliphatic heterocycles. The molecule has 1 aromatic carbocycles. The first-order chi connectivity index (χ1) is 11.6. The molecule has 0 saturated carbocycles. The van der Waals surface area contributed by atoms with Crippen LogP contribution in [0, 0.1) is 0 Å². The number of amides is 1. The van der Waals surface area contributed by atoms with Crippen LogP contribution >= 0.6 is 0 Å². The van der Waals surface area contributed by atoms with Crippen LogP contribution in [0.2, 0.25) is 0 Å². The first-order valence-corrected chi connectivity index (χ1v) is 9.33. The minimum atomic E-state index is -3.63. The fourth-order valence-corrected chi connectivity index (χ4v) is 3.63. The lowest BCUT2D eigenvalue weighted by Crippen LogP contribution is -2.27. The van der Waals surface area contributed by atoms with Gasteiger partial charge in [0, 0.05) is 24.8 Å². The van der Waals surface area contributed by atoms with Gasteiger partial charge in [-0.3, -0.25) is 9.78 Å². The van der Waals surface area contributed by atoms with Crippen LogP contribution in [-0.4, -0.2) is 37.3 Å². The van der Waals surface area contributed by atoms with Crippen molar-refractivity contribution in [1.82, 2.24) is 14.6 Å². The fraction of sp³-hybridized carbons (Fsp3) is 0.294. The number of hydrogen-bond donors (Lipinski definition) is 1. The van der Waals surface area contributed by atoms with Gasteiger partial charge in [-0.25, -0.2) is 13.1 Å². The van der Waals surface area contributed by atoms with Crippen LogP contribution in [0.15, 0.2) is 53.6 Å². The van der Waals surface area contributed by atoms with Crippen molar-refractivity contribution in [2.75, 3.05) is 13.1 Å². The van der Waals surface area contributed by atoms with Crippen molar-refractivity contribution in [1.29, 1.82) is 0 Å². The molecule has 1 aliphatic rings. The summed E-state index contributed by atoms with van der Waals surface area (Å²) in [5.41, 5.74) is 1.16. The first kappa shape index (κ1) is 16.6. The first-order valence-electron chi connectivity index (χ1n) is 7.85. The molecule has 2 heterocycles. The van der Waals surface area contributed by atoms with Gasteiger partial charge in [-0.1, -0.05) is 6.07 Å². The van der Waals surface area contributed by atoms with Crippen molar-refractivity contribution in [3.8, 4) is 0 Å². The maximum Gasteiger partial charge on any atom is 0.253 e. The molecule has 0 radical (unpaired) electrons. The Morgan fingerprint density at radius 3 is 2.42 bits per heavy atom.